The van der Waals surface area contributed by atoms with Crippen LogP contribution in [0.15, 0.2) is 24.3 Å². The van der Waals surface area contributed by atoms with Gasteiger partial charge in [0.25, 0.3) is 0 Å². The minimum atomic E-state index is 0.242. The number of fused-ring (bicyclic) bond motifs is 1. The van der Waals surface area contributed by atoms with Gasteiger partial charge in [0.2, 0.25) is 0 Å². The highest BCUT2D eigenvalue weighted by Crippen LogP contribution is 2.22. The molecule has 1 aliphatic rings. The molecule has 0 amide bonds. The van der Waals surface area contributed by atoms with Crippen LogP contribution in [0.4, 0.5) is 0 Å². The highest BCUT2D eigenvalue weighted by molar-refractivity contribution is 7.18. The summed E-state index contributed by atoms with van der Waals surface area (Å²) in [6.07, 6.45) is 5.48. The highest BCUT2D eigenvalue weighted by Gasteiger charge is 2.16. The van der Waals surface area contributed by atoms with Crippen LogP contribution in [0.5, 0.6) is 0 Å². The molecule has 1 fully saturated rings. The molecule has 0 spiro atoms. The van der Waals surface area contributed by atoms with Gasteiger partial charge in [-0.1, -0.05) is 25.0 Å². The molecule has 1 aromatic heterocycles. The van der Waals surface area contributed by atoms with Gasteiger partial charge in [0, 0.05) is 6.04 Å². The molecule has 1 saturated carbocycles. The third kappa shape index (κ3) is 3.19. The maximum absolute atomic E-state index is 12.0. The number of Topliss-reactive ketones (excluding diaryl/α,β-unsaturated/α-hetero) is 1. The van der Waals surface area contributed by atoms with Gasteiger partial charge >= 0.3 is 0 Å². The lowest BCUT2D eigenvalue weighted by Crippen LogP contribution is -2.32. The number of hydrogen-bond donors (Lipinski definition) is 1. The number of nitrogens with zero attached hydrogens (tertiary/aromatic N) is 1. The first-order chi connectivity index (χ1) is 9.31. The number of nitrogens with one attached hydrogen (secondary N) is 1. The molecule has 0 bridgehead atoms. The average molecular weight is 274 g/mol. The zero-order valence-corrected chi connectivity index (χ0v) is 11.7. The van der Waals surface area contributed by atoms with Gasteiger partial charge in [-0.25, -0.2) is 4.98 Å². The molecule has 3 rings (SSSR count). The van der Waals surface area contributed by atoms with Crippen LogP contribution < -0.4 is 5.32 Å². The Bertz CT molecular complexity index is 539. The number of aromatic nitrogens is 1. The SMILES string of the molecule is O=C(CNC1CCCC1)Cc1nc2ccccc2s1. The van der Waals surface area contributed by atoms with Crippen LogP contribution in [0.2, 0.25) is 0 Å². The van der Waals surface area contributed by atoms with Gasteiger partial charge in [-0.3, -0.25) is 4.79 Å². The van der Waals surface area contributed by atoms with Crippen molar-refractivity contribution in [2.75, 3.05) is 6.54 Å². The van der Waals surface area contributed by atoms with E-state index in [2.05, 4.69) is 16.4 Å². The monoisotopic (exact) mass is 274 g/mol. The zero-order chi connectivity index (χ0) is 13.1. The summed E-state index contributed by atoms with van der Waals surface area (Å²) < 4.78 is 1.16. The first-order valence-corrected chi connectivity index (χ1v) is 7.72. The molecule has 0 saturated heterocycles. The fourth-order valence-electron chi connectivity index (χ4n) is 2.61. The smallest absolute Gasteiger partial charge is 0.153 e. The first-order valence-electron chi connectivity index (χ1n) is 6.91. The lowest BCUT2D eigenvalue weighted by molar-refractivity contribution is -0.117. The second-order valence-corrected chi connectivity index (χ2v) is 6.27. The Kier molecular flexibility index (Phi) is 3.89. The highest BCUT2D eigenvalue weighted by atomic mass is 32.1. The van der Waals surface area contributed by atoms with E-state index < -0.39 is 0 Å². The van der Waals surface area contributed by atoms with E-state index >= 15 is 0 Å². The molecule has 4 heteroatoms. The van der Waals surface area contributed by atoms with Gasteiger partial charge < -0.3 is 5.32 Å². The van der Waals surface area contributed by atoms with Crippen LogP contribution in [0.1, 0.15) is 30.7 Å². The van der Waals surface area contributed by atoms with Crippen LogP contribution >= 0.6 is 11.3 Å². The van der Waals surface area contributed by atoms with E-state index in [-0.39, 0.29) is 5.78 Å². The van der Waals surface area contributed by atoms with Gasteiger partial charge in [0.15, 0.2) is 5.78 Å². The van der Waals surface area contributed by atoms with E-state index in [1.54, 1.807) is 11.3 Å². The average Bonchev–Trinajstić information content (AvgIpc) is 3.04. The van der Waals surface area contributed by atoms with Crippen molar-refractivity contribution >= 4 is 27.3 Å². The maximum Gasteiger partial charge on any atom is 0.153 e. The lowest BCUT2D eigenvalue weighted by Gasteiger charge is -2.09. The third-order valence-corrected chi connectivity index (χ3v) is 4.67. The Balaban J connectivity index is 1.56. The number of para-hydroxylation sites is 1. The van der Waals surface area contributed by atoms with Gasteiger partial charge in [-0.2, -0.15) is 0 Å². The normalized spacial score (nSPS) is 16.2. The summed E-state index contributed by atoms with van der Waals surface area (Å²) in [5.74, 6) is 0.242. The summed E-state index contributed by atoms with van der Waals surface area (Å²) in [7, 11) is 0. The fourth-order valence-corrected chi connectivity index (χ4v) is 3.61. The van der Waals surface area contributed by atoms with Crippen molar-refractivity contribution in [2.45, 2.75) is 38.1 Å². The zero-order valence-electron chi connectivity index (χ0n) is 10.9. The molecule has 1 heterocycles. The molecule has 0 radical (unpaired) electrons. The first kappa shape index (κ1) is 12.8. The summed E-state index contributed by atoms with van der Waals surface area (Å²) >= 11 is 1.62. The van der Waals surface area contributed by atoms with Crippen molar-refractivity contribution in [3.63, 3.8) is 0 Å². The Labute approximate surface area is 117 Å². The number of benzene rings is 1. The van der Waals surface area contributed by atoms with Crippen LogP contribution in [-0.2, 0) is 11.2 Å². The molecule has 1 aliphatic carbocycles. The number of carbonyl (C=O) groups is 1. The van der Waals surface area contributed by atoms with E-state index in [0.717, 1.165) is 15.2 Å². The van der Waals surface area contributed by atoms with Crippen molar-refractivity contribution in [3.05, 3.63) is 29.3 Å². The van der Waals surface area contributed by atoms with Crippen LogP contribution in [-0.4, -0.2) is 23.4 Å². The van der Waals surface area contributed by atoms with E-state index in [9.17, 15) is 4.79 Å². The molecule has 19 heavy (non-hydrogen) atoms. The number of carbonyl (C=O) groups excluding carboxylic acids is 1. The summed E-state index contributed by atoms with van der Waals surface area (Å²) in [6.45, 7) is 0.487. The number of hydrogen-bond acceptors (Lipinski definition) is 4. The van der Waals surface area contributed by atoms with Crippen LogP contribution in [0, 0.1) is 0 Å². The standard InChI is InChI=1S/C15H18N2OS/c18-12(10-16-11-5-1-2-6-11)9-15-17-13-7-3-4-8-14(13)19-15/h3-4,7-8,11,16H,1-2,5-6,9-10H2. The summed E-state index contributed by atoms with van der Waals surface area (Å²) in [5, 5.41) is 4.29. The molecule has 3 nitrogen and oxygen atoms in total. The minimum absolute atomic E-state index is 0.242. The third-order valence-electron chi connectivity index (χ3n) is 3.63. The van der Waals surface area contributed by atoms with E-state index in [0.29, 0.717) is 19.0 Å². The van der Waals surface area contributed by atoms with Gasteiger partial charge in [0.1, 0.15) is 5.01 Å². The largest absolute Gasteiger partial charge is 0.307 e. The minimum Gasteiger partial charge on any atom is -0.307 e. The summed E-state index contributed by atoms with van der Waals surface area (Å²) in [4.78, 5) is 16.5. The second-order valence-electron chi connectivity index (χ2n) is 5.15. The lowest BCUT2D eigenvalue weighted by atomic mass is 10.2. The molecular formula is C15H18N2OS. The molecular weight excluding hydrogens is 256 g/mol. The fraction of sp³-hybridized carbons (Fsp3) is 0.467. The van der Waals surface area contributed by atoms with Gasteiger partial charge in [-0.15, -0.1) is 11.3 Å². The van der Waals surface area contributed by atoms with Gasteiger partial charge in [0.05, 0.1) is 23.2 Å². The van der Waals surface area contributed by atoms with E-state index in [1.807, 2.05) is 18.2 Å². The molecule has 2 aromatic rings. The topological polar surface area (TPSA) is 42.0 Å². The Morgan fingerprint density at radius 3 is 2.89 bits per heavy atom. The van der Waals surface area contributed by atoms with Crippen molar-refractivity contribution in [1.82, 2.24) is 10.3 Å². The van der Waals surface area contributed by atoms with Gasteiger partial charge in [-0.05, 0) is 25.0 Å². The Morgan fingerprint density at radius 2 is 2.11 bits per heavy atom. The molecule has 0 aliphatic heterocycles. The molecule has 1 aromatic carbocycles. The second kappa shape index (κ2) is 5.80. The molecule has 0 unspecified atom stereocenters. The Morgan fingerprint density at radius 1 is 1.32 bits per heavy atom. The Hall–Kier alpha value is -1.26. The number of rotatable bonds is 5. The summed E-state index contributed by atoms with van der Waals surface area (Å²) in [5.41, 5.74) is 0.999. The van der Waals surface area contributed by atoms with Crippen molar-refractivity contribution in [3.8, 4) is 0 Å². The number of thiazole rings is 1. The van der Waals surface area contributed by atoms with E-state index in [4.69, 9.17) is 0 Å². The molecule has 100 valence electrons. The summed E-state index contributed by atoms with van der Waals surface area (Å²) in [6, 6.07) is 8.59. The molecule has 1 N–H and O–H groups in total. The van der Waals surface area contributed by atoms with Crippen LogP contribution in [0.25, 0.3) is 10.2 Å². The van der Waals surface area contributed by atoms with Crippen LogP contribution in [0.3, 0.4) is 0 Å². The number of ketones is 1. The quantitative estimate of drug-likeness (QED) is 0.911. The molecule has 0 atom stereocenters. The van der Waals surface area contributed by atoms with Crippen molar-refractivity contribution in [2.24, 2.45) is 0 Å². The van der Waals surface area contributed by atoms with Crippen molar-refractivity contribution in [1.29, 1.82) is 0 Å². The van der Waals surface area contributed by atoms with Crippen molar-refractivity contribution < 1.29 is 4.79 Å². The predicted molar refractivity (Wildman–Crippen MR) is 78.6 cm³/mol. The van der Waals surface area contributed by atoms with E-state index in [1.165, 1.54) is 25.7 Å². The predicted octanol–water partition coefficient (Wildman–Crippen LogP) is 2.94. The maximum atomic E-state index is 12.0.